The number of amides is 1. The van der Waals surface area contributed by atoms with Crippen LogP contribution < -0.4 is 4.74 Å². The largest absolute Gasteiger partial charge is 0.489 e. The summed E-state index contributed by atoms with van der Waals surface area (Å²) in [5.74, 6) is 1.20. The maximum atomic E-state index is 12.6. The number of hydrogen-bond acceptors (Lipinski definition) is 4. The molecule has 30 heavy (non-hydrogen) atoms. The van der Waals surface area contributed by atoms with Crippen molar-refractivity contribution in [3.63, 3.8) is 0 Å². The van der Waals surface area contributed by atoms with Gasteiger partial charge < -0.3 is 9.64 Å². The lowest BCUT2D eigenvalue weighted by Crippen LogP contribution is -2.42. The number of ether oxygens (including phenoxy) is 1. The summed E-state index contributed by atoms with van der Waals surface area (Å²) in [7, 11) is 1.85. The van der Waals surface area contributed by atoms with Gasteiger partial charge in [-0.05, 0) is 75.4 Å². The fourth-order valence-corrected chi connectivity index (χ4v) is 4.61. The van der Waals surface area contributed by atoms with Crippen molar-refractivity contribution in [3.8, 4) is 5.75 Å². The summed E-state index contributed by atoms with van der Waals surface area (Å²) in [5.41, 5.74) is 2.50. The van der Waals surface area contributed by atoms with Crippen LogP contribution in [0.15, 0.2) is 36.4 Å². The van der Waals surface area contributed by atoms with E-state index in [1.807, 2.05) is 38.2 Å². The molecule has 0 spiro atoms. The van der Waals surface area contributed by atoms with Crippen LogP contribution in [0.1, 0.15) is 47.4 Å². The number of nitrogens with zero attached hydrogens (tertiary/aromatic N) is 3. The molecule has 2 aromatic rings. The van der Waals surface area contributed by atoms with Gasteiger partial charge in [-0.25, -0.2) is 4.98 Å². The van der Waals surface area contributed by atoms with E-state index in [4.69, 9.17) is 16.3 Å². The molecule has 0 unspecified atom stereocenters. The number of benzene rings is 1. The molecule has 2 fully saturated rings. The van der Waals surface area contributed by atoms with Gasteiger partial charge in [-0.2, -0.15) is 0 Å². The number of carbonyl (C=O) groups is 1. The number of aryl methyl sites for hydroxylation is 1. The summed E-state index contributed by atoms with van der Waals surface area (Å²) in [4.78, 5) is 21.1. The molecule has 1 saturated heterocycles. The van der Waals surface area contributed by atoms with E-state index in [-0.39, 0.29) is 12.0 Å². The highest BCUT2D eigenvalue weighted by Crippen LogP contribution is 2.36. The minimum Gasteiger partial charge on any atom is -0.489 e. The highest BCUT2D eigenvalue weighted by Gasteiger charge is 2.33. The Balaban J connectivity index is 1.27. The maximum Gasteiger partial charge on any atom is 0.272 e. The Morgan fingerprint density at radius 2 is 1.93 bits per heavy atom. The molecule has 2 aliphatic rings. The third-order valence-corrected chi connectivity index (χ3v) is 6.54. The molecule has 1 amide bonds. The highest BCUT2D eigenvalue weighted by molar-refractivity contribution is 6.32. The van der Waals surface area contributed by atoms with Gasteiger partial charge in [-0.1, -0.05) is 29.8 Å². The van der Waals surface area contributed by atoms with Gasteiger partial charge in [-0.3, -0.25) is 9.69 Å². The molecular weight excluding hydrogens is 398 g/mol. The van der Waals surface area contributed by atoms with Gasteiger partial charge in [0, 0.05) is 25.8 Å². The Labute approximate surface area is 184 Å². The Morgan fingerprint density at radius 1 is 1.20 bits per heavy atom. The van der Waals surface area contributed by atoms with Gasteiger partial charge in [0.15, 0.2) is 0 Å². The second kappa shape index (κ2) is 9.36. The second-order valence-corrected chi connectivity index (χ2v) is 9.02. The van der Waals surface area contributed by atoms with Crippen molar-refractivity contribution in [2.45, 2.75) is 45.3 Å². The van der Waals surface area contributed by atoms with Crippen LogP contribution in [0.5, 0.6) is 5.75 Å². The van der Waals surface area contributed by atoms with Crippen LogP contribution in [0.4, 0.5) is 0 Å². The number of pyridine rings is 1. The smallest absolute Gasteiger partial charge is 0.272 e. The van der Waals surface area contributed by atoms with E-state index >= 15 is 0 Å². The van der Waals surface area contributed by atoms with Crippen LogP contribution in [0, 0.1) is 12.8 Å². The monoisotopic (exact) mass is 427 g/mol. The van der Waals surface area contributed by atoms with Gasteiger partial charge in [0.1, 0.15) is 11.4 Å². The van der Waals surface area contributed by atoms with Crippen molar-refractivity contribution < 1.29 is 9.53 Å². The van der Waals surface area contributed by atoms with Crippen LogP contribution in [-0.2, 0) is 6.54 Å². The van der Waals surface area contributed by atoms with Gasteiger partial charge in [0.2, 0.25) is 0 Å². The zero-order valence-corrected chi connectivity index (χ0v) is 18.6. The summed E-state index contributed by atoms with van der Waals surface area (Å²) in [6.45, 7) is 5.81. The summed E-state index contributed by atoms with van der Waals surface area (Å²) < 4.78 is 6.19. The summed E-state index contributed by atoms with van der Waals surface area (Å²) in [5, 5.41) is 0.741. The van der Waals surface area contributed by atoms with Crippen molar-refractivity contribution >= 4 is 17.5 Å². The average Bonchev–Trinajstić information content (AvgIpc) is 3.21. The Morgan fingerprint density at radius 3 is 2.67 bits per heavy atom. The van der Waals surface area contributed by atoms with Gasteiger partial charge >= 0.3 is 0 Å². The highest BCUT2D eigenvalue weighted by atomic mass is 35.5. The van der Waals surface area contributed by atoms with E-state index in [0.717, 1.165) is 61.1 Å². The molecule has 0 atom stereocenters. The molecule has 1 aliphatic heterocycles. The van der Waals surface area contributed by atoms with Crippen LogP contribution in [-0.4, -0.2) is 53.5 Å². The summed E-state index contributed by atoms with van der Waals surface area (Å²) >= 11 is 6.64. The van der Waals surface area contributed by atoms with E-state index in [9.17, 15) is 4.79 Å². The Kier molecular flexibility index (Phi) is 6.59. The van der Waals surface area contributed by atoms with E-state index in [0.29, 0.717) is 11.6 Å². The molecule has 4 rings (SSSR count). The zero-order chi connectivity index (χ0) is 21.1. The fourth-order valence-electron chi connectivity index (χ4n) is 4.38. The first-order valence-electron chi connectivity index (χ1n) is 10.8. The van der Waals surface area contributed by atoms with E-state index in [2.05, 4.69) is 16.0 Å². The Hall–Kier alpha value is -2.11. The van der Waals surface area contributed by atoms with Crippen LogP contribution >= 0.6 is 11.6 Å². The SMILES string of the molecule is Cc1cccc(C(=O)N(C)CC2CC(Oc3cccc(CN4CCCC4)c3Cl)C2)n1. The van der Waals surface area contributed by atoms with Crippen molar-refractivity contribution in [2.75, 3.05) is 26.7 Å². The summed E-state index contributed by atoms with van der Waals surface area (Å²) in [6.07, 6.45) is 4.58. The quantitative estimate of drug-likeness (QED) is 0.649. The normalized spacial score (nSPS) is 21.3. The molecule has 0 bridgehead atoms. The predicted molar refractivity (Wildman–Crippen MR) is 119 cm³/mol. The van der Waals surface area contributed by atoms with Crippen molar-refractivity contribution in [1.82, 2.24) is 14.8 Å². The van der Waals surface area contributed by atoms with Crippen LogP contribution in [0.25, 0.3) is 0 Å². The van der Waals surface area contributed by atoms with Crippen molar-refractivity contribution in [1.29, 1.82) is 0 Å². The number of carbonyl (C=O) groups excluding carboxylic acids is 1. The number of hydrogen-bond donors (Lipinski definition) is 0. The molecule has 1 saturated carbocycles. The molecule has 1 aromatic heterocycles. The average molecular weight is 428 g/mol. The van der Waals surface area contributed by atoms with Crippen molar-refractivity contribution in [2.24, 2.45) is 5.92 Å². The number of rotatable bonds is 7. The van der Waals surface area contributed by atoms with E-state index in [1.54, 1.807) is 11.0 Å². The third kappa shape index (κ3) is 4.96. The number of likely N-dealkylation sites (tertiary alicyclic amines) is 1. The Bertz CT molecular complexity index is 892. The van der Waals surface area contributed by atoms with Gasteiger partial charge in [0.05, 0.1) is 11.1 Å². The van der Waals surface area contributed by atoms with Gasteiger partial charge in [0.25, 0.3) is 5.91 Å². The third-order valence-electron chi connectivity index (χ3n) is 6.11. The molecule has 0 radical (unpaired) electrons. The first kappa shape index (κ1) is 21.1. The fraction of sp³-hybridized carbons (Fsp3) is 0.500. The first-order valence-corrected chi connectivity index (χ1v) is 11.2. The topological polar surface area (TPSA) is 45.7 Å². The zero-order valence-electron chi connectivity index (χ0n) is 17.8. The van der Waals surface area contributed by atoms with Crippen molar-refractivity contribution in [3.05, 3.63) is 58.4 Å². The second-order valence-electron chi connectivity index (χ2n) is 8.64. The lowest BCUT2D eigenvalue weighted by molar-refractivity contribution is 0.0417. The molecule has 5 nitrogen and oxygen atoms in total. The van der Waals surface area contributed by atoms with Crippen LogP contribution in [0.2, 0.25) is 5.02 Å². The van der Waals surface area contributed by atoms with Gasteiger partial charge in [-0.15, -0.1) is 0 Å². The van der Waals surface area contributed by atoms with E-state index in [1.165, 1.54) is 12.8 Å². The minimum absolute atomic E-state index is 0.0271. The molecule has 160 valence electrons. The number of halogens is 1. The lowest BCUT2D eigenvalue weighted by atomic mass is 9.82. The molecular formula is C24H30ClN3O2. The minimum atomic E-state index is -0.0271. The molecule has 1 aromatic carbocycles. The lowest BCUT2D eigenvalue weighted by Gasteiger charge is -2.37. The molecule has 0 N–H and O–H groups in total. The molecule has 6 heteroatoms. The summed E-state index contributed by atoms with van der Waals surface area (Å²) in [6, 6.07) is 11.6. The maximum absolute atomic E-state index is 12.6. The predicted octanol–water partition coefficient (Wildman–Crippen LogP) is 4.57. The standard InChI is InChI=1S/C24H30ClN3O2/c1-17-7-5-9-21(26-17)24(29)27(2)15-18-13-20(14-18)30-22-10-6-8-19(23(22)25)16-28-11-3-4-12-28/h5-10,18,20H,3-4,11-16H2,1-2H3. The molecule has 2 heterocycles. The van der Waals surface area contributed by atoms with Crippen LogP contribution in [0.3, 0.4) is 0 Å². The van der Waals surface area contributed by atoms with E-state index < -0.39 is 0 Å². The number of aromatic nitrogens is 1. The first-order chi connectivity index (χ1) is 14.5. The molecule has 1 aliphatic carbocycles.